The van der Waals surface area contributed by atoms with Gasteiger partial charge in [-0.25, -0.2) is 0 Å². The van der Waals surface area contributed by atoms with Crippen molar-refractivity contribution in [1.29, 1.82) is 0 Å². The van der Waals surface area contributed by atoms with Crippen molar-refractivity contribution in [1.82, 2.24) is 0 Å². The molecule has 1 unspecified atom stereocenters. The van der Waals surface area contributed by atoms with E-state index in [9.17, 15) is 5.11 Å². The van der Waals surface area contributed by atoms with Crippen LogP contribution in [0.15, 0.2) is 30.3 Å². The highest BCUT2D eigenvalue weighted by atomic mass is 16.5. The first kappa shape index (κ1) is 18.9. The molecule has 28 heavy (non-hydrogen) atoms. The number of benzene rings is 2. The molecule has 150 valence electrons. The smallest absolute Gasteiger partial charge is 0.129 e. The van der Waals surface area contributed by atoms with Crippen molar-refractivity contribution in [3.63, 3.8) is 0 Å². The highest BCUT2D eigenvalue weighted by molar-refractivity contribution is 5.54. The summed E-state index contributed by atoms with van der Waals surface area (Å²) in [5.74, 6) is 2.91. The van der Waals surface area contributed by atoms with Crippen molar-refractivity contribution in [2.75, 3.05) is 26.9 Å². The number of hydrogen-bond donors (Lipinski definition) is 1. The standard InChI is InChI=1S/C23H28O5/c1-23(2)9-8-19-21(28-23)7-4-15-12-16(14-27-22(15)19)18-6-5-17(13-20(18)24)26-11-10-25-3/h4-7,13,16,24H,8-12,14H2,1-3H3. The minimum atomic E-state index is -0.128. The molecule has 5 heteroatoms. The van der Waals surface area contributed by atoms with E-state index < -0.39 is 0 Å². The van der Waals surface area contributed by atoms with Crippen LogP contribution in [0, 0.1) is 0 Å². The van der Waals surface area contributed by atoms with Gasteiger partial charge in [0.25, 0.3) is 0 Å². The number of fused-ring (bicyclic) bond motifs is 3. The lowest BCUT2D eigenvalue weighted by molar-refractivity contribution is 0.0826. The molecule has 0 bridgehead atoms. The van der Waals surface area contributed by atoms with Gasteiger partial charge in [-0.15, -0.1) is 0 Å². The molecule has 0 saturated heterocycles. The predicted octanol–water partition coefficient (Wildman–Crippen LogP) is 4.24. The van der Waals surface area contributed by atoms with Gasteiger partial charge in [0, 0.05) is 30.2 Å². The van der Waals surface area contributed by atoms with Crippen molar-refractivity contribution in [3.8, 4) is 23.0 Å². The van der Waals surface area contributed by atoms with Gasteiger partial charge < -0.3 is 24.1 Å². The molecule has 0 spiro atoms. The SMILES string of the molecule is COCCOc1ccc(C2COc3c(ccc4c3CCC(C)(C)O4)C2)c(O)c1. The molecular formula is C23H28O5. The van der Waals surface area contributed by atoms with E-state index in [2.05, 4.69) is 26.0 Å². The normalized spacial score (nSPS) is 19.8. The third-order valence-electron chi connectivity index (χ3n) is 5.56. The Labute approximate surface area is 166 Å². The van der Waals surface area contributed by atoms with Gasteiger partial charge in [-0.05, 0) is 50.8 Å². The molecule has 2 aliphatic heterocycles. The second-order valence-electron chi connectivity index (χ2n) is 8.17. The fourth-order valence-corrected chi connectivity index (χ4v) is 4.02. The van der Waals surface area contributed by atoms with E-state index in [1.807, 2.05) is 12.1 Å². The molecule has 0 fully saturated rings. The van der Waals surface area contributed by atoms with Gasteiger partial charge in [-0.2, -0.15) is 0 Å². The summed E-state index contributed by atoms with van der Waals surface area (Å²) in [5, 5.41) is 10.5. The first-order valence-electron chi connectivity index (χ1n) is 9.88. The number of hydrogen-bond acceptors (Lipinski definition) is 5. The Bertz CT molecular complexity index is 858. The van der Waals surface area contributed by atoms with Crippen LogP contribution in [-0.2, 0) is 17.6 Å². The van der Waals surface area contributed by atoms with Gasteiger partial charge >= 0.3 is 0 Å². The summed E-state index contributed by atoms with van der Waals surface area (Å²) in [6.07, 6.45) is 2.78. The zero-order chi connectivity index (χ0) is 19.7. The Hall–Kier alpha value is -2.40. The highest BCUT2D eigenvalue weighted by Crippen LogP contribution is 2.44. The Morgan fingerprint density at radius 2 is 2.04 bits per heavy atom. The molecule has 0 aliphatic carbocycles. The summed E-state index contributed by atoms with van der Waals surface area (Å²) in [7, 11) is 1.63. The molecule has 0 radical (unpaired) electrons. The fraction of sp³-hybridized carbons (Fsp3) is 0.478. The number of rotatable bonds is 5. The van der Waals surface area contributed by atoms with E-state index in [1.165, 1.54) is 11.1 Å². The van der Waals surface area contributed by atoms with Crippen LogP contribution in [0.2, 0.25) is 0 Å². The maximum atomic E-state index is 10.5. The maximum Gasteiger partial charge on any atom is 0.129 e. The van der Waals surface area contributed by atoms with Gasteiger partial charge in [0.05, 0.1) is 13.2 Å². The Kier molecular flexibility index (Phi) is 5.11. The number of phenolic OH excluding ortho intramolecular Hbond substituents is 1. The van der Waals surface area contributed by atoms with Crippen LogP contribution in [0.4, 0.5) is 0 Å². The van der Waals surface area contributed by atoms with Crippen molar-refractivity contribution in [3.05, 3.63) is 47.0 Å². The number of aromatic hydroxyl groups is 1. The third kappa shape index (κ3) is 3.76. The van der Waals surface area contributed by atoms with Gasteiger partial charge in [0.1, 0.15) is 35.2 Å². The lowest BCUT2D eigenvalue weighted by Gasteiger charge is -2.35. The molecular weight excluding hydrogens is 356 g/mol. The molecule has 2 aromatic carbocycles. The molecule has 2 aliphatic rings. The maximum absolute atomic E-state index is 10.5. The first-order valence-corrected chi connectivity index (χ1v) is 9.88. The Morgan fingerprint density at radius 1 is 1.18 bits per heavy atom. The monoisotopic (exact) mass is 384 g/mol. The van der Waals surface area contributed by atoms with Gasteiger partial charge in [-0.3, -0.25) is 0 Å². The molecule has 1 atom stereocenters. The summed E-state index contributed by atoms with van der Waals surface area (Å²) < 4.78 is 22.9. The topological polar surface area (TPSA) is 57.2 Å². The van der Waals surface area contributed by atoms with E-state index in [4.69, 9.17) is 18.9 Å². The van der Waals surface area contributed by atoms with Crippen LogP contribution < -0.4 is 14.2 Å². The van der Waals surface area contributed by atoms with Crippen molar-refractivity contribution < 1.29 is 24.1 Å². The molecule has 5 nitrogen and oxygen atoms in total. The lowest BCUT2D eigenvalue weighted by Crippen LogP contribution is -2.33. The molecule has 0 aromatic heterocycles. The minimum absolute atomic E-state index is 0.111. The van der Waals surface area contributed by atoms with Crippen molar-refractivity contribution in [2.45, 2.75) is 44.6 Å². The molecule has 2 aromatic rings. The largest absolute Gasteiger partial charge is 0.508 e. The average molecular weight is 384 g/mol. The molecule has 0 amide bonds. The lowest BCUT2D eigenvalue weighted by atomic mass is 9.86. The second kappa shape index (κ2) is 7.55. The second-order valence-corrected chi connectivity index (χ2v) is 8.17. The quantitative estimate of drug-likeness (QED) is 0.782. The molecule has 4 rings (SSSR count). The zero-order valence-electron chi connectivity index (χ0n) is 16.8. The summed E-state index contributed by atoms with van der Waals surface area (Å²) in [5.41, 5.74) is 3.12. The number of ether oxygens (including phenoxy) is 4. The van der Waals surface area contributed by atoms with Gasteiger partial charge in [0.2, 0.25) is 0 Å². The Balaban J connectivity index is 1.52. The van der Waals surface area contributed by atoms with E-state index >= 15 is 0 Å². The van der Waals surface area contributed by atoms with Crippen LogP contribution in [0.3, 0.4) is 0 Å². The first-order chi connectivity index (χ1) is 13.5. The van der Waals surface area contributed by atoms with Crippen molar-refractivity contribution in [2.24, 2.45) is 0 Å². The fourth-order valence-electron chi connectivity index (χ4n) is 4.02. The van der Waals surface area contributed by atoms with E-state index in [1.54, 1.807) is 13.2 Å². The van der Waals surface area contributed by atoms with E-state index in [0.29, 0.717) is 25.6 Å². The molecule has 0 saturated carbocycles. The Morgan fingerprint density at radius 3 is 2.82 bits per heavy atom. The summed E-state index contributed by atoms with van der Waals surface area (Å²) in [6, 6.07) is 9.65. The van der Waals surface area contributed by atoms with E-state index in [-0.39, 0.29) is 17.3 Å². The predicted molar refractivity (Wildman–Crippen MR) is 107 cm³/mol. The molecule has 1 N–H and O–H groups in total. The van der Waals surface area contributed by atoms with Crippen LogP contribution in [0.25, 0.3) is 0 Å². The zero-order valence-corrected chi connectivity index (χ0v) is 16.8. The molecule has 2 heterocycles. The van der Waals surface area contributed by atoms with Gasteiger partial charge in [-0.1, -0.05) is 12.1 Å². The summed E-state index contributed by atoms with van der Waals surface area (Å²) >= 11 is 0. The minimum Gasteiger partial charge on any atom is -0.508 e. The van der Waals surface area contributed by atoms with Crippen LogP contribution >= 0.6 is 0 Å². The highest BCUT2D eigenvalue weighted by Gasteiger charge is 2.32. The summed E-state index contributed by atoms with van der Waals surface area (Å²) in [4.78, 5) is 0. The van der Waals surface area contributed by atoms with Crippen LogP contribution in [-0.4, -0.2) is 37.6 Å². The van der Waals surface area contributed by atoms with Crippen molar-refractivity contribution >= 4 is 0 Å². The summed E-state index contributed by atoms with van der Waals surface area (Å²) in [6.45, 7) is 5.76. The van der Waals surface area contributed by atoms with Gasteiger partial charge in [0.15, 0.2) is 0 Å². The number of phenols is 1. The van der Waals surface area contributed by atoms with Crippen LogP contribution in [0.1, 0.15) is 42.9 Å². The average Bonchev–Trinajstić information content (AvgIpc) is 2.67. The third-order valence-corrected chi connectivity index (χ3v) is 5.56. The van der Waals surface area contributed by atoms with E-state index in [0.717, 1.165) is 36.3 Å². The van der Waals surface area contributed by atoms with Crippen LogP contribution in [0.5, 0.6) is 23.0 Å². The number of methoxy groups -OCH3 is 1.